The minimum atomic E-state index is -0.328. The van der Waals surface area contributed by atoms with Gasteiger partial charge in [0.15, 0.2) is 0 Å². The third kappa shape index (κ3) is 2.42. The first-order chi connectivity index (χ1) is 7.74. The van der Waals surface area contributed by atoms with Crippen LogP contribution in [0.5, 0.6) is 0 Å². The molecule has 1 amide bonds. The molecule has 1 aromatic rings. The van der Waals surface area contributed by atoms with Gasteiger partial charge in [-0.1, -0.05) is 30.3 Å². The number of carbonyl (C=O) groups is 1. The number of rotatable bonds is 4. The zero-order valence-corrected chi connectivity index (χ0v) is 9.28. The fraction of sp³-hybridized carbons (Fsp3) is 0.462. The molecule has 1 fully saturated rings. The molecule has 0 atom stereocenters. The van der Waals surface area contributed by atoms with E-state index in [1.807, 2.05) is 30.3 Å². The molecule has 3 heteroatoms. The minimum Gasteiger partial charge on any atom is -0.394 e. The van der Waals surface area contributed by atoms with Gasteiger partial charge in [0, 0.05) is 0 Å². The third-order valence-electron chi connectivity index (χ3n) is 3.23. The highest BCUT2D eigenvalue weighted by atomic mass is 16.3. The van der Waals surface area contributed by atoms with Crippen LogP contribution in [0.25, 0.3) is 0 Å². The second-order valence-electron chi connectivity index (χ2n) is 4.50. The second-order valence-corrected chi connectivity index (χ2v) is 4.50. The van der Waals surface area contributed by atoms with Crippen LogP contribution in [0.1, 0.15) is 24.8 Å². The van der Waals surface area contributed by atoms with E-state index in [4.69, 9.17) is 0 Å². The molecule has 2 N–H and O–H groups in total. The Balaban J connectivity index is 1.89. The number of carbonyl (C=O) groups excluding carboxylic acids is 1. The highest BCUT2D eigenvalue weighted by molar-refractivity contribution is 5.79. The summed E-state index contributed by atoms with van der Waals surface area (Å²) in [6.07, 6.45) is 3.27. The van der Waals surface area contributed by atoms with Gasteiger partial charge in [0.25, 0.3) is 0 Å². The molecule has 16 heavy (non-hydrogen) atoms. The Morgan fingerprint density at radius 2 is 2.00 bits per heavy atom. The number of amides is 1. The molecule has 0 saturated heterocycles. The SMILES string of the molecule is O=C(Cc1ccccc1)NC1(CO)CCC1. The van der Waals surface area contributed by atoms with E-state index in [2.05, 4.69) is 5.32 Å². The van der Waals surface area contributed by atoms with Crippen LogP contribution >= 0.6 is 0 Å². The van der Waals surface area contributed by atoms with Crippen molar-refractivity contribution in [3.05, 3.63) is 35.9 Å². The number of hydrogen-bond donors (Lipinski definition) is 2. The summed E-state index contributed by atoms with van der Waals surface area (Å²) < 4.78 is 0. The smallest absolute Gasteiger partial charge is 0.224 e. The topological polar surface area (TPSA) is 49.3 Å². The lowest BCUT2D eigenvalue weighted by atomic mass is 9.77. The molecule has 0 bridgehead atoms. The van der Waals surface area contributed by atoms with E-state index in [1.54, 1.807) is 0 Å². The average Bonchev–Trinajstić information content (AvgIpc) is 2.25. The van der Waals surface area contributed by atoms with Crippen LogP contribution < -0.4 is 5.32 Å². The van der Waals surface area contributed by atoms with Crippen molar-refractivity contribution in [1.29, 1.82) is 0 Å². The van der Waals surface area contributed by atoms with Gasteiger partial charge in [-0.3, -0.25) is 4.79 Å². The predicted molar refractivity (Wildman–Crippen MR) is 62.0 cm³/mol. The van der Waals surface area contributed by atoms with Gasteiger partial charge >= 0.3 is 0 Å². The molecule has 0 heterocycles. The molecular formula is C13H17NO2. The molecule has 0 radical (unpaired) electrons. The zero-order valence-electron chi connectivity index (χ0n) is 9.28. The van der Waals surface area contributed by atoms with Crippen LogP contribution in [0.4, 0.5) is 0 Å². The number of benzene rings is 1. The molecule has 1 saturated carbocycles. The lowest BCUT2D eigenvalue weighted by Crippen LogP contribution is -2.56. The van der Waals surface area contributed by atoms with Crippen molar-refractivity contribution < 1.29 is 9.90 Å². The van der Waals surface area contributed by atoms with Crippen LogP contribution in [0, 0.1) is 0 Å². The minimum absolute atomic E-state index is 0.0000463. The molecule has 1 aliphatic carbocycles. The van der Waals surface area contributed by atoms with Crippen molar-refractivity contribution in [2.75, 3.05) is 6.61 Å². The molecule has 0 aliphatic heterocycles. The number of nitrogens with one attached hydrogen (secondary N) is 1. The highest BCUT2D eigenvalue weighted by Gasteiger charge is 2.37. The Kier molecular flexibility index (Phi) is 3.25. The van der Waals surface area contributed by atoms with Crippen molar-refractivity contribution in [3.8, 4) is 0 Å². The van der Waals surface area contributed by atoms with Crippen LogP contribution in [0.2, 0.25) is 0 Å². The zero-order chi connectivity index (χ0) is 11.4. The summed E-state index contributed by atoms with van der Waals surface area (Å²) in [4.78, 5) is 11.8. The van der Waals surface area contributed by atoms with Crippen LogP contribution in [-0.4, -0.2) is 23.2 Å². The maximum atomic E-state index is 11.8. The monoisotopic (exact) mass is 219 g/mol. The van der Waals surface area contributed by atoms with Crippen LogP contribution in [0.3, 0.4) is 0 Å². The summed E-state index contributed by atoms with van der Waals surface area (Å²) in [5.74, 6) is -0.0000463. The van der Waals surface area contributed by atoms with Crippen molar-refractivity contribution in [2.45, 2.75) is 31.2 Å². The Labute approximate surface area is 95.5 Å². The Morgan fingerprint density at radius 3 is 2.50 bits per heavy atom. The summed E-state index contributed by atoms with van der Waals surface area (Å²) in [6, 6.07) is 9.65. The molecule has 0 aromatic heterocycles. The molecular weight excluding hydrogens is 202 g/mol. The Hall–Kier alpha value is -1.35. The lowest BCUT2D eigenvalue weighted by Gasteiger charge is -2.41. The quantitative estimate of drug-likeness (QED) is 0.801. The van der Waals surface area contributed by atoms with Gasteiger partial charge in [0.1, 0.15) is 0 Å². The van der Waals surface area contributed by atoms with Crippen molar-refractivity contribution in [2.24, 2.45) is 0 Å². The summed E-state index contributed by atoms with van der Waals surface area (Å²) >= 11 is 0. The van der Waals surface area contributed by atoms with E-state index in [0.717, 1.165) is 24.8 Å². The number of aliphatic hydroxyl groups is 1. The van der Waals surface area contributed by atoms with Gasteiger partial charge in [-0.25, -0.2) is 0 Å². The van der Waals surface area contributed by atoms with Gasteiger partial charge in [-0.05, 0) is 24.8 Å². The molecule has 0 unspecified atom stereocenters. The van der Waals surface area contributed by atoms with E-state index < -0.39 is 0 Å². The van der Waals surface area contributed by atoms with E-state index in [9.17, 15) is 9.90 Å². The van der Waals surface area contributed by atoms with E-state index in [0.29, 0.717) is 6.42 Å². The predicted octanol–water partition coefficient (Wildman–Crippen LogP) is 1.26. The van der Waals surface area contributed by atoms with Crippen molar-refractivity contribution in [3.63, 3.8) is 0 Å². The highest BCUT2D eigenvalue weighted by Crippen LogP contribution is 2.31. The molecule has 86 valence electrons. The van der Waals surface area contributed by atoms with Gasteiger partial charge in [0.2, 0.25) is 5.91 Å². The van der Waals surface area contributed by atoms with E-state index in [1.165, 1.54) is 0 Å². The second kappa shape index (κ2) is 4.66. The first-order valence-electron chi connectivity index (χ1n) is 5.70. The van der Waals surface area contributed by atoms with Crippen LogP contribution in [0.15, 0.2) is 30.3 Å². The standard InChI is InChI=1S/C13H17NO2/c15-10-13(7-4-8-13)14-12(16)9-11-5-2-1-3-6-11/h1-3,5-6,15H,4,7-10H2,(H,14,16). The average molecular weight is 219 g/mol. The third-order valence-corrected chi connectivity index (χ3v) is 3.23. The summed E-state index contributed by atoms with van der Waals surface area (Å²) in [5, 5.41) is 12.2. The molecule has 2 rings (SSSR count). The van der Waals surface area contributed by atoms with Gasteiger partial charge in [-0.15, -0.1) is 0 Å². The first kappa shape index (κ1) is 11.1. The van der Waals surface area contributed by atoms with Gasteiger partial charge in [0.05, 0.1) is 18.6 Å². The largest absolute Gasteiger partial charge is 0.394 e. The van der Waals surface area contributed by atoms with Crippen molar-refractivity contribution >= 4 is 5.91 Å². The van der Waals surface area contributed by atoms with Gasteiger partial charge in [-0.2, -0.15) is 0 Å². The summed E-state index contributed by atoms with van der Waals surface area (Å²) in [6.45, 7) is 0.0491. The normalized spacial score (nSPS) is 17.6. The maximum absolute atomic E-state index is 11.8. The molecule has 3 nitrogen and oxygen atoms in total. The van der Waals surface area contributed by atoms with Gasteiger partial charge < -0.3 is 10.4 Å². The Bertz CT molecular complexity index is 352. The first-order valence-corrected chi connectivity index (χ1v) is 5.70. The van der Waals surface area contributed by atoms with Crippen molar-refractivity contribution in [1.82, 2.24) is 5.32 Å². The van der Waals surface area contributed by atoms with Crippen LogP contribution in [-0.2, 0) is 11.2 Å². The lowest BCUT2D eigenvalue weighted by molar-refractivity contribution is -0.124. The number of aliphatic hydroxyl groups excluding tert-OH is 1. The number of hydrogen-bond acceptors (Lipinski definition) is 2. The van der Waals surface area contributed by atoms with E-state index in [-0.39, 0.29) is 18.1 Å². The summed E-state index contributed by atoms with van der Waals surface area (Å²) in [7, 11) is 0. The fourth-order valence-corrected chi connectivity index (χ4v) is 2.05. The molecule has 0 spiro atoms. The molecule has 1 aromatic carbocycles. The Morgan fingerprint density at radius 1 is 1.31 bits per heavy atom. The maximum Gasteiger partial charge on any atom is 0.224 e. The molecule has 1 aliphatic rings. The fourth-order valence-electron chi connectivity index (χ4n) is 2.05. The van der Waals surface area contributed by atoms with E-state index >= 15 is 0 Å². The summed E-state index contributed by atoms with van der Waals surface area (Å²) in [5.41, 5.74) is 0.679.